The molecule has 2 aromatic rings. The molecule has 104 valence electrons. The van der Waals surface area contributed by atoms with Crippen LogP contribution in [0.15, 0.2) is 24.3 Å². The average Bonchev–Trinajstić information content (AvgIpc) is 3.04. The predicted octanol–water partition coefficient (Wildman–Crippen LogP) is 1.33. The molecule has 1 aromatic carbocycles. The minimum atomic E-state index is -0.663. The van der Waals surface area contributed by atoms with Crippen LogP contribution >= 0.6 is 11.3 Å². The molecule has 2 atom stereocenters. The van der Waals surface area contributed by atoms with E-state index < -0.39 is 6.04 Å². The molecule has 1 aliphatic rings. The van der Waals surface area contributed by atoms with Gasteiger partial charge in [0.1, 0.15) is 0 Å². The van der Waals surface area contributed by atoms with E-state index in [1.165, 1.54) is 11.3 Å². The lowest BCUT2D eigenvalue weighted by Gasteiger charge is -2.12. The summed E-state index contributed by atoms with van der Waals surface area (Å²) in [5.41, 5.74) is 6.76. The van der Waals surface area contributed by atoms with Gasteiger partial charge in [-0.15, -0.1) is 11.3 Å². The number of nitrogens with zero attached hydrogens (tertiary/aromatic N) is 1. The number of nitrogens with two attached hydrogens (primary N) is 1. The fourth-order valence-electron chi connectivity index (χ4n) is 2.42. The van der Waals surface area contributed by atoms with Crippen molar-refractivity contribution in [2.24, 2.45) is 11.7 Å². The molecule has 1 amide bonds. The molecule has 0 radical (unpaired) electrons. The Morgan fingerprint density at radius 1 is 1.50 bits per heavy atom. The first-order valence-electron chi connectivity index (χ1n) is 6.58. The number of rotatable bonds is 4. The van der Waals surface area contributed by atoms with Crippen molar-refractivity contribution in [3.05, 3.63) is 29.3 Å². The molecular weight excluding hydrogens is 274 g/mol. The number of fused-ring (bicyclic) bond motifs is 1. The van der Waals surface area contributed by atoms with Gasteiger partial charge >= 0.3 is 0 Å². The molecule has 0 spiro atoms. The Bertz CT molecular complexity index is 634. The largest absolute Gasteiger partial charge is 0.356 e. The number of ketones is 1. The van der Waals surface area contributed by atoms with Gasteiger partial charge in [-0.1, -0.05) is 12.1 Å². The molecule has 3 rings (SSSR count). The maximum Gasteiger partial charge on any atom is 0.223 e. The molecule has 1 aliphatic heterocycles. The van der Waals surface area contributed by atoms with Gasteiger partial charge in [-0.2, -0.15) is 0 Å². The summed E-state index contributed by atoms with van der Waals surface area (Å²) >= 11 is 1.35. The molecule has 1 saturated heterocycles. The van der Waals surface area contributed by atoms with Gasteiger partial charge in [0.25, 0.3) is 0 Å². The van der Waals surface area contributed by atoms with Crippen molar-refractivity contribution >= 4 is 33.2 Å². The third-order valence-corrected chi connectivity index (χ3v) is 4.59. The summed E-state index contributed by atoms with van der Waals surface area (Å²) in [5.74, 6) is -0.327. The number of hydrogen-bond acceptors (Lipinski definition) is 5. The van der Waals surface area contributed by atoms with Crippen LogP contribution in [-0.2, 0) is 4.79 Å². The van der Waals surface area contributed by atoms with Crippen molar-refractivity contribution in [2.75, 3.05) is 6.54 Å². The average molecular weight is 289 g/mol. The minimum Gasteiger partial charge on any atom is -0.356 e. The Labute approximate surface area is 120 Å². The second-order valence-electron chi connectivity index (χ2n) is 4.97. The highest BCUT2D eigenvalue weighted by atomic mass is 32.1. The molecule has 20 heavy (non-hydrogen) atoms. The summed E-state index contributed by atoms with van der Waals surface area (Å²) in [4.78, 5) is 28.1. The van der Waals surface area contributed by atoms with E-state index in [1.54, 1.807) is 0 Å². The third kappa shape index (κ3) is 2.44. The quantitative estimate of drug-likeness (QED) is 0.832. The van der Waals surface area contributed by atoms with Gasteiger partial charge < -0.3 is 11.1 Å². The molecule has 1 aromatic heterocycles. The van der Waals surface area contributed by atoms with Gasteiger partial charge in [0.15, 0.2) is 5.01 Å². The van der Waals surface area contributed by atoms with Crippen LogP contribution in [0.3, 0.4) is 0 Å². The highest BCUT2D eigenvalue weighted by Gasteiger charge is 2.29. The van der Waals surface area contributed by atoms with E-state index in [1.807, 2.05) is 24.3 Å². The predicted molar refractivity (Wildman–Crippen MR) is 77.7 cm³/mol. The monoisotopic (exact) mass is 289 g/mol. The van der Waals surface area contributed by atoms with E-state index in [-0.39, 0.29) is 17.6 Å². The third-order valence-electron chi connectivity index (χ3n) is 3.54. The van der Waals surface area contributed by atoms with Gasteiger partial charge in [-0.05, 0) is 25.0 Å². The van der Waals surface area contributed by atoms with Crippen LogP contribution < -0.4 is 11.1 Å². The number of benzene rings is 1. The van der Waals surface area contributed by atoms with Crippen LogP contribution in [0.4, 0.5) is 0 Å². The number of amides is 1. The zero-order valence-electron chi connectivity index (χ0n) is 10.8. The zero-order chi connectivity index (χ0) is 14.1. The summed E-state index contributed by atoms with van der Waals surface area (Å²) in [7, 11) is 0. The first-order valence-corrected chi connectivity index (χ1v) is 7.40. The van der Waals surface area contributed by atoms with Gasteiger partial charge in [0.2, 0.25) is 11.7 Å². The Morgan fingerprint density at radius 2 is 2.30 bits per heavy atom. The fraction of sp³-hybridized carbons (Fsp3) is 0.357. The number of thiazole rings is 1. The molecule has 0 aliphatic carbocycles. The number of carbonyl (C=O) groups excluding carboxylic acids is 2. The lowest BCUT2D eigenvalue weighted by atomic mass is 9.97. The van der Waals surface area contributed by atoms with Crippen LogP contribution in [0.1, 0.15) is 22.6 Å². The first kappa shape index (κ1) is 13.2. The van der Waals surface area contributed by atoms with Crippen molar-refractivity contribution in [2.45, 2.75) is 18.9 Å². The Balaban J connectivity index is 1.75. The van der Waals surface area contributed by atoms with Crippen LogP contribution in [0.2, 0.25) is 0 Å². The van der Waals surface area contributed by atoms with Gasteiger partial charge in [0.05, 0.1) is 16.3 Å². The summed E-state index contributed by atoms with van der Waals surface area (Å²) in [6, 6.07) is 6.94. The molecule has 1 fully saturated rings. The van der Waals surface area contributed by atoms with Gasteiger partial charge in [-0.3, -0.25) is 9.59 Å². The Morgan fingerprint density at radius 3 is 3.00 bits per heavy atom. The summed E-state index contributed by atoms with van der Waals surface area (Å²) in [6.07, 6.45) is 1.14. The summed E-state index contributed by atoms with van der Waals surface area (Å²) in [6.45, 7) is 0.672. The molecule has 0 bridgehead atoms. The highest BCUT2D eigenvalue weighted by Crippen LogP contribution is 2.24. The van der Waals surface area contributed by atoms with E-state index in [0.29, 0.717) is 18.0 Å². The number of nitrogens with one attached hydrogen (secondary N) is 1. The van der Waals surface area contributed by atoms with E-state index >= 15 is 0 Å². The second-order valence-corrected chi connectivity index (χ2v) is 6.00. The molecule has 2 heterocycles. The van der Waals surface area contributed by atoms with E-state index in [9.17, 15) is 9.59 Å². The number of carbonyl (C=O) groups is 2. The lowest BCUT2D eigenvalue weighted by molar-refractivity contribution is -0.122. The normalized spacial score (nSPS) is 20.1. The van der Waals surface area contributed by atoms with Crippen LogP contribution in [-0.4, -0.2) is 29.3 Å². The van der Waals surface area contributed by atoms with Crippen molar-refractivity contribution in [1.29, 1.82) is 0 Å². The number of hydrogen-bond donors (Lipinski definition) is 2. The number of aromatic nitrogens is 1. The van der Waals surface area contributed by atoms with Crippen molar-refractivity contribution in [3.63, 3.8) is 0 Å². The van der Waals surface area contributed by atoms with Gasteiger partial charge in [-0.25, -0.2) is 4.98 Å². The van der Waals surface area contributed by atoms with Crippen molar-refractivity contribution < 1.29 is 9.59 Å². The van der Waals surface area contributed by atoms with Crippen LogP contribution in [0.5, 0.6) is 0 Å². The maximum absolute atomic E-state index is 12.3. The molecule has 5 nitrogen and oxygen atoms in total. The molecule has 6 heteroatoms. The van der Waals surface area contributed by atoms with E-state index in [4.69, 9.17) is 5.73 Å². The standard InChI is InChI=1S/C14H15N3O2S/c15-9(7-8-5-6-16-13(8)19)12(18)14-17-10-3-1-2-4-11(10)20-14/h1-4,8-9H,5-7,15H2,(H,16,19)/t8-,9-/m0/s1. The SMILES string of the molecule is N[C@@H](C[C@@H]1CCNC1=O)C(=O)c1nc2ccccc2s1. The van der Waals surface area contributed by atoms with Crippen molar-refractivity contribution in [1.82, 2.24) is 10.3 Å². The zero-order valence-corrected chi connectivity index (χ0v) is 11.7. The topological polar surface area (TPSA) is 85.1 Å². The molecule has 0 saturated carbocycles. The second kappa shape index (κ2) is 5.30. The molecule has 3 N–H and O–H groups in total. The smallest absolute Gasteiger partial charge is 0.223 e. The molecular formula is C14H15N3O2S. The highest BCUT2D eigenvalue weighted by molar-refractivity contribution is 7.20. The maximum atomic E-state index is 12.3. The van der Waals surface area contributed by atoms with Crippen molar-refractivity contribution in [3.8, 4) is 0 Å². The lowest BCUT2D eigenvalue weighted by Crippen LogP contribution is -2.34. The van der Waals surface area contributed by atoms with Crippen LogP contribution in [0.25, 0.3) is 10.2 Å². The summed E-state index contributed by atoms with van der Waals surface area (Å²) in [5, 5.41) is 3.18. The first-order chi connectivity index (χ1) is 9.65. The van der Waals surface area contributed by atoms with Gasteiger partial charge in [0, 0.05) is 12.5 Å². The number of Topliss-reactive ketones (excluding diaryl/α,β-unsaturated/α-hetero) is 1. The minimum absolute atomic E-state index is 0.00227. The van der Waals surface area contributed by atoms with E-state index in [0.717, 1.165) is 16.6 Å². The summed E-state index contributed by atoms with van der Waals surface area (Å²) < 4.78 is 0.974. The van der Waals surface area contributed by atoms with Crippen LogP contribution in [0, 0.1) is 5.92 Å². The molecule has 0 unspecified atom stereocenters. The Kier molecular flexibility index (Phi) is 3.50. The number of para-hydroxylation sites is 1. The Hall–Kier alpha value is -1.79. The fourth-order valence-corrected chi connectivity index (χ4v) is 3.39. The van der Waals surface area contributed by atoms with E-state index in [2.05, 4.69) is 10.3 Å².